The first-order valence-electron chi connectivity index (χ1n) is 5.48. The molecule has 7 heteroatoms. The minimum Gasteiger partial charge on any atom is -0.488 e. The van der Waals surface area contributed by atoms with Gasteiger partial charge in [0.25, 0.3) is 5.69 Å². The molecule has 0 aromatic heterocycles. The molecular formula is C13H8Br2ClNO3. The van der Waals surface area contributed by atoms with E-state index in [9.17, 15) is 10.1 Å². The van der Waals surface area contributed by atoms with Gasteiger partial charge in [0.1, 0.15) is 16.8 Å². The Morgan fingerprint density at radius 2 is 2.00 bits per heavy atom. The zero-order valence-corrected chi connectivity index (χ0v) is 13.9. The Balaban J connectivity index is 2.19. The van der Waals surface area contributed by atoms with Gasteiger partial charge in [0, 0.05) is 16.7 Å². The molecule has 0 spiro atoms. The molecule has 0 fully saturated rings. The number of nitro benzene ring substituents is 1. The van der Waals surface area contributed by atoms with Crippen LogP contribution in [-0.2, 0) is 6.61 Å². The lowest BCUT2D eigenvalue weighted by molar-refractivity contribution is -0.385. The van der Waals surface area contributed by atoms with Crippen LogP contribution in [0.5, 0.6) is 5.75 Å². The number of rotatable bonds is 4. The minimum absolute atomic E-state index is 0.0151. The van der Waals surface area contributed by atoms with Gasteiger partial charge in [-0.05, 0) is 50.1 Å². The van der Waals surface area contributed by atoms with E-state index in [2.05, 4.69) is 31.9 Å². The minimum atomic E-state index is -0.439. The van der Waals surface area contributed by atoms with Gasteiger partial charge in [-0.1, -0.05) is 23.7 Å². The number of hydrogen-bond donors (Lipinski definition) is 0. The molecule has 4 nitrogen and oxygen atoms in total. The predicted octanol–water partition coefficient (Wildman–Crippen LogP) is 5.35. The summed E-state index contributed by atoms with van der Waals surface area (Å²) in [4.78, 5) is 10.4. The van der Waals surface area contributed by atoms with Crippen LogP contribution in [0.25, 0.3) is 0 Å². The molecule has 0 bridgehead atoms. The van der Waals surface area contributed by atoms with E-state index in [0.29, 0.717) is 20.8 Å². The summed E-state index contributed by atoms with van der Waals surface area (Å²) in [5, 5.41) is 11.5. The third-order valence-electron chi connectivity index (χ3n) is 2.53. The predicted molar refractivity (Wildman–Crippen MR) is 84.3 cm³/mol. The standard InChI is InChI=1S/C13H8Br2ClNO3/c14-10-6-9(16)4-5-12(10)20-7-8-2-1-3-11(13(8)15)17(18)19/h1-6H,7H2. The lowest BCUT2D eigenvalue weighted by Gasteiger charge is -2.10. The second-order valence-electron chi connectivity index (χ2n) is 3.87. The van der Waals surface area contributed by atoms with Crippen LogP contribution in [0, 0.1) is 10.1 Å². The summed E-state index contributed by atoms with van der Waals surface area (Å²) in [5.41, 5.74) is 0.710. The van der Waals surface area contributed by atoms with Crippen molar-refractivity contribution in [3.8, 4) is 5.75 Å². The Morgan fingerprint density at radius 1 is 1.25 bits per heavy atom. The molecule has 0 amide bonds. The molecule has 2 aromatic carbocycles. The van der Waals surface area contributed by atoms with E-state index in [1.165, 1.54) is 6.07 Å². The van der Waals surface area contributed by atoms with Crippen LogP contribution in [-0.4, -0.2) is 4.92 Å². The second kappa shape index (κ2) is 6.56. The zero-order valence-electron chi connectivity index (χ0n) is 9.98. The Morgan fingerprint density at radius 3 is 2.65 bits per heavy atom. The van der Waals surface area contributed by atoms with Crippen LogP contribution in [0.3, 0.4) is 0 Å². The quantitative estimate of drug-likeness (QED) is 0.494. The summed E-state index contributed by atoms with van der Waals surface area (Å²) < 4.78 is 6.79. The molecule has 2 aromatic rings. The van der Waals surface area contributed by atoms with E-state index in [-0.39, 0.29) is 12.3 Å². The third kappa shape index (κ3) is 3.50. The monoisotopic (exact) mass is 419 g/mol. The smallest absolute Gasteiger partial charge is 0.283 e. The molecule has 0 aliphatic rings. The summed E-state index contributed by atoms with van der Waals surface area (Å²) in [5.74, 6) is 0.618. The topological polar surface area (TPSA) is 52.4 Å². The van der Waals surface area contributed by atoms with E-state index in [1.54, 1.807) is 30.3 Å². The fourth-order valence-electron chi connectivity index (χ4n) is 1.57. The van der Waals surface area contributed by atoms with E-state index < -0.39 is 4.92 Å². The molecule has 0 aliphatic carbocycles. The van der Waals surface area contributed by atoms with Crippen molar-refractivity contribution in [2.75, 3.05) is 0 Å². The fraction of sp³-hybridized carbons (Fsp3) is 0.0769. The lowest BCUT2D eigenvalue weighted by atomic mass is 10.2. The molecule has 0 saturated heterocycles. The van der Waals surface area contributed by atoms with Gasteiger partial charge in [-0.15, -0.1) is 0 Å². The highest BCUT2D eigenvalue weighted by atomic mass is 79.9. The first-order valence-corrected chi connectivity index (χ1v) is 7.45. The van der Waals surface area contributed by atoms with Crippen molar-refractivity contribution >= 4 is 49.1 Å². The van der Waals surface area contributed by atoms with Crippen molar-refractivity contribution in [1.82, 2.24) is 0 Å². The normalized spacial score (nSPS) is 10.3. The maximum Gasteiger partial charge on any atom is 0.283 e. The van der Waals surface area contributed by atoms with E-state index in [4.69, 9.17) is 16.3 Å². The maximum atomic E-state index is 10.9. The van der Waals surface area contributed by atoms with Crippen LogP contribution in [0.4, 0.5) is 5.69 Å². The third-order valence-corrected chi connectivity index (χ3v) is 4.30. The summed E-state index contributed by atoms with van der Waals surface area (Å²) in [6.07, 6.45) is 0. The van der Waals surface area contributed by atoms with Gasteiger partial charge in [-0.25, -0.2) is 0 Å². The van der Waals surface area contributed by atoms with E-state index >= 15 is 0 Å². The molecule has 20 heavy (non-hydrogen) atoms. The summed E-state index contributed by atoms with van der Waals surface area (Å²) in [6, 6.07) is 9.99. The van der Waals surface area contributed by atoms with Crippen LogP contribution in [0.1, 0.15) is 5.56 Å². The number of hydrogen-bond acceptors (Lipinski definition) is 3. The highest BCUT2D eigenvalue weighted by Gasteiger charge is 2.15. The Kier molecular flexibility index (Phi) is 5.01. The maximum absolute atomic E-state index is 10.9. The Labute approximate surface area is 137 Å². The molecule has 0 heterocycles. The van der Waals surface area contributed by atoms with Gasteiger partial charge in [0.05, 0.1) is 9.40 Å². The number of nitro groups is 1. The average Bonchev–Trinajstić information content (AvgIpc) is 2.39. The van der Waals surface area contributed by atoms with Crippen LogP contribution >= 0.6 is 43.5 Å². The van der Waals surface area contributed by atoms with Crippen LogP contribution in [0.2, 0.25) is 5.02 Å². The van der Waals surface area contributed by atoms with Crippen molar-refractivity contribution in [3.63, 3.8) is 0 Å². The summed E-state index contributed by atoms with van der Waals surface area (Å²) >= 11 is 12.4. The first-order chi connectivity index (χ1) is 9.49. The highest BCUT2D eigenvalue weighted by molar-refractivity contribution is 9.11. The van der Waals surface area contributed by atoms with Gasteiger partial charge in [-0.3, -0.25) is 10.1 Å². The SMILES string of the molecule is O=[N+]([O-])c1cccc(COc2ccc(Cl)cc2Br)c1Br. The number of benzene rings is 2. The Bertz CT molecular complexity index is 664. The summed E-state index contributed by atoms with van der Waals surface area (Å²) in [7, 11) is 0. The van der Waals surface area contributed by atoms with E-state index in [0.717, 1.165) is 4.47 Å². The molecule has 104 valence electrons. The zero-order chi connectivity index (χ0) is 14.7. The van der Waals surface area contributed by atoms with Crippen molar-refractivity contribution in [3.05, 3.63) is 66.0 Å². The largest absolute Gasteiger partial charge is 0.488 e. The molecule has 0 aliphatic heterocycles. The number of nitrogens with zero attached hydrogens (tertiary/aromatic N) is 1. The number of ether oxygens (including phenoxy) is 1. The lowest BCUT2D eigenvalue weighted by Crippen LogP contribution is -1.99. The molecule has 0 saturated carbocycles. The van der Waals surface area contributed by atoms with Crippen molar-refractivity contribution in [2.45, 2.75) is 6.61 Å². The molecule has 0 radical (unpaired) electrons. The first kappa shape index (κ1) is 15.3. The second-order valence-corrected chi connectivity index (χ2v) is 5.95. The van der Waals surface area contributed by atoms with Gasteiger partial charge in [0.15, 0.2) is 0 Å². The number of halogens is 3. The summed E-state index contributed by atoms with van der Waals surface area (Å²) in [6.45, 7) is 0.211. The van der Waals surface area contributed by atoms with Gasteiger partial charge in [0.2, 0.25) is 0 Å². The van der Waals surface area contributed by atoms with Gasteiger partial charge >= 0.3 is 0 Å². The molecule has 0 N–H and O–H groups in total. The molecule has 0 unspecified atom stereocenters. The molecular weight excluding hydrogens is 413 g/mol. The van der Waals surface area contributed by atoms with Crippen LogP contribution < -0.4 is 4.74 Å². The fourth-order valence-corrected chi connectivity index (χ4v) is 2.89. The van der Waals surface area contributed by atoms with Crippen molar-refractivity contribution in [1.29, 1.82) is 0 Å². The molecule has 0 atom stereocenters. The van der Waals surface area contributed by atoms with Gasteiger partial charge in [-0.2, -0.15) is 0 Å². The average molecular weight is 421 g/mol. The van der Waals surface area contributed by atoms with Crippen molar-refractivity contribution < 1.29 is 9.66 Å². The van der Waals surface area contributed by atoms with E-state index in [1.807, 2.05) is 0 Å². The van der Waals surface area contributed by atoms with Crippen molar-refractivity contribution in [2.24, 2.45) is 0 Å². The molecule has 2 rings (SSSR count). The van der Waals surface area contributed by atoms with Gasteiger partial charge < -0.3 is 4.74 Å². The van der Waals surface area contributed by atoms with Crippen LogP contribution in [0.15, 0.2) is 45.3 Å². The highest BCUT2D eigenvalue weighted by Crippen LogP contribution is 2.31. The Hall–Kier alpha value is -1.11.